The van der Waals surface area contributed by atoms with Crippen LogP contribution in [0.5, 0.6) is 0 Å². The van der Waals surface area contributed by atoms with Crippen molar-refractivity contribution >= 4 is 5.69 Å². The Labute approximate surface area is 118 Å². The van der Waals surface area contributed by atoms with Crippen LogP contribution >= 0.6 is 0 Å². The molecule has 1 aliphatic heterocycles. The van der Waals surface area contributed by atoms with Gasteiger partial charge in [0.1, 0.15) is 0 Å². The van der Waals surface area contributed by atoms with Crippen LogP contribution in [0.1, 0.15) is 24.8 Å². The van der Waals surface area contributed by atoms with Crippen LogP contribution in [0.15, 0.2) is 29.0 Å². The minimum absolute atomic E-state index is 0.467. The highest BCUT2D eigenvalue weighted by Crippen LogP contribution is 2.25. The Kier molecular flexibility index (Phi) is 3.97. The summed E-state index contributed by atoms with van der Waals surface area (Å²) < 4.78 is 10.8. The van der Waals surface area contributed by atoms with Gasteiger partial charge in [-0.25, -0.2) is 0 Å². The second-order valence-corrected chi connectivity index (χ2v) is 5.16. The van der Waals surface area contributed by atoms with Crippen molar-refractivity contribution in [3.05, 3.63) is 30.2 Å². The molecule has 1 aromatic carbocycles. The minimum atomic E-state index is 0.467. The van der Waals surface area contributed by atoms with Crippen molar-refractivity contribution in [2.75, 3.05) is 18.5 Å². The van der Waals surface area contributed by atoms with E-state index in [1.807, 2.05) is 6.07 Å². The quantitative estimate of drug-likeness (QED) is 0.931. The number of ether oxygens (including phenoxy) is 1. The van der Waals surface area contributed by atoms with Gasteiger partial charge in [0, 0.05) is 30.5 Å². The Hall–Kier alpha value is -1.88. The van der Waals surface area contributed by atoms with Crippen molar-refractivity contribution in [3.63, 3.8) is 0 Å². The average Bonchev–Trinajstić information content (AvgIpc) is 2.87. The SMILES string of the molecule is Cc1ccc(-c2nnco2)cc1NC1CCCOCC1. The largest absolute Gasteiger partial charge is 0.423 e. The first kappa shape index (κ1) is 13.1. The molecule has 1 aliphatic rings. The fourth-order valence-electron chi connectivity index (χ4n) is 2.48. The zero-order valence-corrected chi connectivity index (χ0v) is 11.6. The van der Waals surface area contributed by atoms with Crippen LogP contribution in [0.25, 0.3) is 11.5 Å². The molecule has 1 fully saturated rings. The lowest BCUT2D eigenvalue weighted by molar-refractivity contribution is 0.144. The van der Waals surface area contributed by atoms with Crippen LogP contribution < -0.4 is 5.32 Å². The fraction of sp³-hybridized carbons (Fsp3) is 0.467. The molecular formula is C15H19N3O2. The van der Waals surface area contributed by atoms with E-state index in [2.05, 4.69) is 34.6 Å². The molecule has 2 heterocycles. The highest BCUT2D eigenvalue weighted by Gasteiger charge is 2.14. The Morgan fingerprint density at radius 1 is 1.25 bits per heavy atom. The van der Waals surface area contributed by atoms with Gasteiger partial charge in [0.25, 0.3) is 0 Å². The van der Waals surface area contributed by atoms with Crippen molar-refractivity contribution in [2.24, 2.45) is 0 Å². The predicted molar refractivity (Wildman–Crippen MR) is 76.6 cm³/mol. The number of benzene rings is 1. The van der Waals surface area contributed by atoms with Crippen molar-refractivity contribution in [1.82, 2.24) is 10.2 Å². The zero-order chi connectivity index (χ0) is 13.8. The lowest BCUT2D eigenvalue weighted by Crippen LogP contribution is -2.20. The van der Waals surface area contributed by atoms with E-state index < -0.39 is 0 Å². The molecule has 0 aliphatic carbocycles. The summed E-state index contributed by atoms with van der Waals surface area (Å²) in [4.78, 5) is 0. The first-order chi connectivity index (χ1) is 9.83. The smallest absolute Gasteiger partial charge is 0.247 e. The molecule has 1 saturated heterocycles. The van der Waals surface area contributed by atoms with Gasteiger partial charge < -0.3 is 14.5 Å². The van der Waals surface area contributed by atoms with Gasteiger partial charge in [0.05, 0.1) is 0 Å². The molecule has 3 rings (SSSR count). The molecule has 0 spiro atoms. The molecular weight excluding hydrogens is 254 g/mol. The number of anilines is 1. The van der Waals surface area contributed by atoms with Crippen molar-refractivity contribution in [2.45, 2.75) is 32.2 Å². The van der Waals surface area contributed by atoms with E-state index >= 15 is 0 Å². The van der Waals surface area contributed by atoms with Gasteiger partial charge in [-0.3, -0.25) is 0 Å². The third-order valence-electron chi connectivity index (χ3n) is 3.66. The molecule has 20 heavy (non-hydrogen) atoms. The molecule has 5 heteroatoms. The maximum Gasteiger partial charge on any atom is 0.247 e. The van der Waals surface area contributed by atoms with Crippen LogP contribution in [0.4, 0.5) is 5.69 Å². The Bertz CT molecular complexity index is 546. The molecule has 5 nitrogen and oxygen atoms in total. The summed E-state index contributed by atoms with van der Waals surface area (Å²) in [7, 11) is 0. The third-order valence-corrected chi connectivity index (χ3v) is 3.66. The summed E-state index contributed by atoms with van der Waals surface area (Å²) in [6.07, 6.45) is 4.65. The number of nitrogens with one attached hydrogen (secondary N) is 1. The van der Waals surface area contributed by atoms with E-state index in [9.17, 15) is 0 Å². The number of aryl methyl sites for hydroxylation is 1. The van der Waals surface area contributed by atoms with Gasteiger partial charge >= 0.3 is 0 Å². The van der Waals surface area contributed by atoms with E-state index in [-0.39, 0.29) is 0 Å². The molecule has 0 bridgehead atoms. The van der Waals surface area contributed by atoms with Crippen LogP contribution in [-0.2, 0) is 4.74 Å². The molecule has 1 unspecified atom stereocenters. The first-order valence-electron chi connectivity index (χ1n) is 7.04. The van der Waals surface area contributed by atoms with E-state index in [4.69, 9.17) is 9.15 Å². The van der Waals surface area contributed by atoms with Gasteiger partial charge in [0.15, 0.2) is 0 Å². The summed E-state index contributed by atoms with van der Waals surface area (Å²) in [6, 6.07) is 6.63. The van der Waals surface area contributed by atoms with Crippen LogP contribution in [-0.4, -0.2) is 29.5 Å². The molecule has 2 aromatic rings. The van der Waals surface area contributed by atoms with Crippen molar-refractivity contribution in [1.29, 1.82) is 0 Å². The summed E-state index contributed by atoms with van der Waals surface area (Å²) in [5, 5.41) is 11.3. The summed E-state index contributed by atoms with van der Waals surface area (Å²) in [6.45, 7) is 3.81. The fourth-order valence-corrected chi connectivity index (χ4v) is 2.48. The van der Waals surface area contributed by atoms with Crippen LogP contribution in [0.3, 0.4) is 0 Å². The molecule has 0 amide bonds. The summed E-state index contributed by atoms with van der Waals surface area (Å²) >= 11 is 0. The topological polar surface area (TPSA) is 60.2 Å². The number of hydrogen-bond acceptors (Lipinski definition) is 5. The van der Waals surface area contributed by atoms with Crippen LogP contribution in [0.2, 0.25) is 0 Å². The maximum atomic E-state index is 5.50. The first-order valence-corrected chi connectivity index (χ1v) is 7.04. The number of rotatable bonds is 3. The standard InChI is InChI=1S/C15H19N3O2/c1-11-4-5-12(15-18-16-10-20-15)9-14(11)17-13-3-2-7-19-8-6-13/h4-5,9-10,13,17H,2-3,6-8H2,1H3. The zero-order valence-electron chi connectivity index (χ0n) is 11.6. The van der Waals surface area contributed by atoms with Gasteiger partial charge in [-0.05, 0) is 43.9 Å². The highest BCUT2D eigenvalue weighted by molar-refractivity contribution is 5.64. The van der Waals surface area contributed by atoms with Crippen LogP contribution in [0, 0.1) is 6.92 Å². The summed E-state index contributed by atoms with van der Waals surface area (Å²) in [5.41, 5.74) is 3.30. The number of nitrogens with zero attached hydrogens (tertiary/aromatic N) is 2. The average molecular weight is 273 g/mol. The second kappa shape index (κ2) is 6.05. The predicted octanol–water partition coefficient (Wildman–Crippen LogP) is 3.03. The molecule has 1 N–H and O–H groups in total. The Morgan fingerprint density at radius 2 is 2.20 bits per heavy atom. The monoisotopic (exact) mass is 273 g/mol. The number of hydrogen-bond donors (Lipinski definition) is 1. The second-order valence-electron chi connectivity index (χ2n) is 5.16. The third kappa shape index (κ3) is 2.99. The molecule has 0 radical (unpaired) electrons. The summed E-state index contributed by atoms with van der Waals surface area (Å²) in [5.74, 6) is 0.553. The molecule has 1 aromatic heterocycles. The molecule has 106 valence electrons. The number of aromatic nitrogens is 2. The van der Waals surface area contributed by atoms with E-state index in [0.29, 0.717) is 11.9 Å². The minimum Gasteiger partial charge on any atom is -0.423 e. The molecule has 1 atom stereocenters. The van der Waals surface area contributed by atoms with Gasteiger partial charge in [0.2, 0.25) is 12.3 Å². The van der Waals surface area contributed by atoms with Crippen molar-refractivity contribution in [3.8, 4) is 11.5 Å². The van der Waals surface area contributed by atoms with Gasteiger partial charge in [-0.1, -0.05) is 6.07 Å². The Morgan fingerprint density at radius 3 is 3.05 bits per heavy atom. The van der Waals surface area contributed by atoms with E-state index in [0.717, 1.165) is 43.7 Å². The Balaban J connectivity index is 1.79. The lowest BCUT2D eigenvalue weighted by atomic mass is 10.1. The molecule has 0 saturated carbocycles. The van der Waals surface area contributed by atoms with Gasteiger partial charge in [-0.15, -0.1) is 10.2 Å². The highest BCUT2D eigenvalue weighted by atomic mass is 16.5. The van der Waals surface area contributed by atoms with E-state index in [1.165, 1.54) is 12.0 Å². The lowest BCUT2D eigenvalue weighted by Gasteiger charge is -2.19. The maximum absolute atomic E-state index is 5.50. The normalized spacial score (nSPS) is 19.6. The van der Waals surface area contributed by atoms with Crippen molar-refractivity contribution < 1.29 is 9.15 Å². The van der Waals surface area contributed by atoms with E-state index in [1.54, 1.807) is 0 Å². The van der Waals surface area contributed by atoms with Gasteiger partial charge in [-0.2, -0.15) is 0 Å².